The lowest BCUT2D eigenvalue weighted by atomic mass is 9.91. The Morgan fingerprint density at radius 2 is 1.87 bits per heavy atom. The van der Waals surface area contributed by atoms with Gasteiger partial charge in [0, 0.05) is 31.5 Å². The summed E-state index contributed by atoms with van der Waals surface area (Å²) >= 11 is 0. The van der Waals surface area contributed by atoms with Crippen molar-refractivity contribution in [3.05, 3.63) is 48.2 Å². The van der Waals surface area contributed by atoms with Gasteiger partial charge in [0.05, 0.1) is 41.8 Å². The van der Waals surface area contributed by atoms with Crippen LogP contribution >= 0.6 is 0 Å². The van der Waals surface area contributed by atoms with Gasteiger partial charge in [-0.3, -0.25) is 4.79 Å². The Morgan fingerprint density at radius 1 is 1.08 bits per heavy atom. The summed E-state index contributed by atoms with van der Waals surface area (Å²) in [4.78, 5) is 30.0. The number of halogens is 1. The quantitative estimate of drug-likeness (QED) is 0.377. The smallest absolute Gasteiger partial charge is 0.230 e. The first-order valence-corrected chi connectivity index (χ1v) is 13.5. The molecule has 39 heavy (non-hydrogen) atoms. The highest BCUT2D eigenvalue weighted by Crippen LogP contribution is 2.36. The summed E-state index contributed by atoms with van der Waals surface area (Å²) in [7, 11) is 0. The zero-order chi connectivity index (χ0) is 26.8. The molecule has 1 aromatic carbocycles. The van der Waals surface area contributed by atoms with Crippen molar-refractivity contribution in [3.63, 3.8) is 0 Å². The van der Waals surface area contributed by atoms with E-state index in [0.29, 0.717) is 46.9 Å². The van der Waals surface area contributed by atoms with Crippen LogP contribution in [0.1, 0.15) is 44.7 Å². The molecule has 3 fully saturated rings. The van der Waals surface area contributed by atoms with Crippen molar-refractivity contribution in [2.75, 3.05) is 38.2 Å². The van der Waals surface area contributed by atoms with Crippen LogP contribution in [0.5, 0.6) is 0 Å². The van der Waals surface area contributed by atoms with Crippen LogP contribution in [-0.4, -0.2) is 64.9 Å². The average Bonchev–Trinajstić information content (AvgIpc) is 3.44. The molecule has 3 aromatic rings. The minimum atomic E-state index is -0.834. The molecule has 1 saturated carbocycles. The summed E-state index contributed by atoms with van der Waals surface area (Å²) < 4.78 is 31.3. The van der Waals surface area contributed by atoms with E-state index in [1.54, 1.807) is 24.4 Å². The SMILES string of the molecule is CC1(C(=O)NCC2CCCO2)COC(c2nc(-c3ccc(F)cc3)c(-c3ccnc(NCC4CC4)n3)[nH]2)OC1. The normalized spacial score (nSPS) is 25.0. The highest BCUT2D eigenvalue weighted by molar-refractivity contribution is 5.82. The Kier molecular flexibility index (Phi) is 7.28. The molecule has 0 spiro atoms. The van der Waals surface area contributed by atoms with Gasteiger partial charge in [-0.2, -0.15) is 0 Å². The summed E-state index contributed by atoms with van der Waals surface area (Å²) in [5.41, 5.74) is 1.75. The van der Waals surface area contributed by atoms with Crippen molar-refractivity contribution in [1.82, 2.24) is 25.3 Å². The van der Waals surface area contributed by atoms with Crippen molar-refractivity contribution >= 4 is 11.9 Å². The fourth-order valence-corrected chi connectivity index (χ4v) is 4.77. The first kappa shape index (κ1) is 25.8. The molecule has 1 unspecified atom stereocenters. The van der Waals surface area contributed by atoms with Crippen LogP contribution in [0.2, 0.25) is 0 Å². The summed E-state index contributed by atoms with van der Waals surface area (Å²) in [6.45, 7) is 4.22. The predicted octanol–water partition coefficient (Wildman–Crippen LogP) is 3.84. The molecule has 3 aliphatic rings. The lowest BCUT2D eigenvalue weighted by molar-refractivity contribution is -0.231. The standard InChI is InChI=1S/C28H33FN6O4/c1-28(26(36)31-14-20-3-2-12-37-20)15-38-25(39-16-28)24-34-22(18-6-8-19(29)9-7-18)23(35-24)21-10-11-30-27(33-21)32-13-17-4-5-17/h6-11,17,20,25H,2-5,12-16H2,1H3,(H,31,36)(H,34,35)(H,30,32,33). The lowest BCUT2D eigenvalue weighted by Gasteiger charge is -2.35. The number of nitrogens with one attached hydrogen (secondary N) is 3. The third-order valence-electron chi connectivity index (χ3n) is 7.39. The van der Waals surface area contributed by atoms with Crippen LogP contribution in [0.4, 0.5) is 10.3 Å². The number of aromatic amines is 1. The number of ether oxygens (including phenoxy) is 3. The van der Waals surface area contributed by atoms with Crippen LogP contribution in [0.25, 0.3) is 22.6 Å². The number of rotatable bonds is 9. The van der Waals surface area contributed by atoms with Gasteiger partial charge in [-0.1, -0.05) is 0 Å². The molecule has 2 aliphatic heterocycles. The minimum Gasteiger partial charge on any atom is -0.376 e. The predicted molar refractivity (Wildman–Crippen MR) is 141 cm³/mol. The van der Waals surface area contributed by atoms with Gasteiger partial charge in [-0.15, -0.1) is 0 Å². The second-order valence-corrected chi connectivity index (χ2v) is 10.8. The molecule has 10 nitrogen and oxygen atoms in total. The van der Waals surface area contributed by atoms with Gasteiger partial charge < -0.3 is 29.8 Å². The monoisotopic (exact) mass is 536 g/mol. The first-order chi connectivity index (χ1) is 19.0. The average molecular weight is 537 g/mol. The van der Waals surface area contributed by atoms with E-state index in [4.69, 9.17) is 24.2 Å². The van der Waals surface area contributed by atoms with Gasteiger partial charge in [-0.05, 0) is 68.9 Å². The third-order valence-corrected chi connectivity index (χ3v) is 7.39. The molecular weight excluding hydrogens is 503 g/mol. The molecule has 4 heterocycles. The fourth-order valence-electron chi connectivity index (χ4n) is 4.77. The van der Waals surface area contributed by atoms with Crippen LogP contribution in [-0.2, 0) is 19.0 Å². The Bertz CT molecular complexity index is 1300. The molecule has 6 rings (SSSR count). The number of benzene rings is 1. The van der Waals surface area contributed by atoms with Crippen LogP contribution in [0.3, 0.4) is 0 Å². The molecular formula is C28H33FN6O4. The molecule has 3 N–H and O–H groups in total. The molecule has 2 aromatic heterocycles. The molecule has 1 atom stereocenters. The number of nitrogens with zero attached hydrogens (tertiary/aromatic N) is 3. The van der Waals surface area contributed by atoms with E-state index in [0.717, 1.165) is 26.0 Å². The summed E-state index contributed by atoms with van der Waals surface area (Å²) in [5, 5.41) is 6.28. The van der Waals surface area contributed by atoms with Gasteiger partial charge in [-0.25, -0.2) is 19.3 Å². The van der Waals surface area contributed by atoms with Crippen molar-refractivity contribution in [3.8, 4) is 22.6 Å². The maximum atomic E-state index is 13.7. The van der Waals surface area contributed by atoms with Crippen molar-refractivity contribution in [2.45, 2.75) is 45.0 Å². The van der Waals surface area contributed by atoms with E-state index in [9.17, 15) is 9.18 Å². The zero-order valence-corrected chi connectivity index (χ0v) is 21.9. The molecule has 206 valence electrons. The summed E-state index contributed by atoms with van der Waals surface area (Å²) in [5.74, 6) is 1.19. The second kappa shape index (κ2) is 11.0. The maximum Gasteiger partial charge on any atom is 0.230 e. The number of aromatic nitrogens is 4. The van der Waals surface area contributed by atoms with Crippen LogP contribution < -0.4 is 10.6 Å². The maximum absolute atomic E-state index is 13.7. The largest absolute Gasteiger partial charge is 0.376 e. The third kappa shape index (κ3) is 5.95. The molecule has 1 amide bonds. The number of imidazole rings is 1. The second-order valence-electron chi connectivity index (χ2n) is 10.8. The van der Waals surface area contributed by atoms with E-state index >= 15 is 0 Å². The van der Waals surface area contributed by atoms with E-state index in [2.05, 4.69) is 20.6 Å². The number of carbonyl (C=O) groups excluding carboxylic acids is 1. The number of amides is 1. The number of hydrogen-bond acceptors (Lipinski definition) is 8. The molecule has 0 bridgehead atoms. The Morgan fingerprint density at radius 3 is 2.59 bits per heavy atom. The Hall–Kier alpha value is -3.41. The Labute approximate surface area is 226 Å². The number of H-pyrrole nitrogens is 1. The molecule has 1 aliphatic carbocycles. The van der Waals surface area contributed by atoms with Gasteiger partial charge in [0.2, 0.25) is 18.1 Å². The topological polar surface area (TPSA) is 123 Å². The summed E-state index contributed by atoms with van der Waals surface area (Å²) in [6.07, 6.45) is 5.38. The highest BCUT2D eigenvalue weighted by atomic mass is 19.1. The van der Waals surface area contributed by atoms with Crippen LogP contribution in [0.15, 0.2) is 36.5 Å². The minimum absolute atomic E-state index is 0.0633. The van der Waals surface area contributed by atoms with E-state index < -0.39 is 11.7 Å². The Balaban J connectivity index is 1.20. The number of anilines is 1. The summed E-state index contributed by atoms with van der Waals surface area (Å²) in [6, 6.07) is 7.92. The molecule has 2 saturated heterocycles. The fraction of sp³-hybridized carbons (Fsp3) is 0.500. The van der Waals surface area contributed by atoms with Crippen LogP contribution in [0, 0.1) is 17.2 Å². The first-order valence-electron chi connectivity index (χ1n) is 13.5. The zero-order valence-electron chi connectivity index (χ0n) is 21.9. The lowest BCUT2D eigenvalue weighted by Crippen LogP contribution is -2.49. The van der Waals surface area contributed by atoms with E-state index in [-0.39, 0.29) is 31.0 Å². The van der Waals surface area contributed by atoms with Crippen molar-refractivity contribution in [2.24, 2.45) is 11.3 Å². The van der Waals surface area contributed by atoms with Gasteiger partial charge >= 0.3 is 0 Å². The van der Waals surface area contributed by atoms with E-state index in [1.165, 1.54) is 25.0 Å². The van der Waals surface area contributed by atoms with Crippen molar-refractivity contribution < 1.29 is 23.4 Å². The highest BCUT2D eigenvalue weighted by Gasteiger charge is 2.41. The van der Waals surface area contributed by atoms with Crippen molar-refractivity contribution in [1.29, 1.82) is 0 Å². The number of hydrogen-bond donors (Lipinski definition) is 3. The van der Waals surface area contributed by atoms with Gasteiger partial charge in [0.25, 0.3) is 0 Å². The molecule has 11 heteroatoms. The molecule has 0 radical (unpaired) electrons. The number of carbonyl (C=O) groups is 1. The van der Waals surface area contributed by atoms with E-state index in [1.807, 2.05) is 6.92 Å². The van der Waals surface area contributed by atoms with Gasteiger partial charge in [0.1, 0.15) is 5.82 Å². The van der Waals surface area contributed by atoms with Gasteiger partial charge in [0.15, 0.2) is 5.82 Å².